The predicted molar refractivity (Wildman–Crippen MR) is 92.1 cm³/mol. The first kappa shape index (κ1) is 22.1. The summed E-state index contributed by atoms with van der Waals surface area (Å²) in [5.74, 6) is -0.391. The van der Waals surface area contributed by atoms with Crippen LogP contribution in [0.5, 0.6) is 0 Å². The maximum Gasteiger partial charge on any atom is 0.311 e. The molecule has 0 heterocycles. The summed E-state index contributed by atoms with van der Waals surface area (Å²) in [5.41, 5.74) is 4.27. The Kier molecular flexibility index (Phi) is 7.91. The van der Waals surface area contributed by atoms with Gasteiger partial charge in [-0.05, 0) is 54.4 Å². The number of esters is 1. The summed E-state index contributed by atoms with van der Waals surface area (Å²) in [5, 5.41) is 0. The highest BCUT2D eigenvalue weighted by Gasteiger charge is 2.36. The minimum Gasteiger partial charge on any atom is -0.463 e. The molecule has 0 saturated heterocycles. The standard InChI is InChI=1S/C18H35NO4/c1-13(2)14(20)18(8,19)10-9-17(6,7)15(21)22-11-12-23-16(3,4)5/h13H,9-12,19H2,1-8H3. The van der Waals surface area contributed by atoms with Crippen molar-refractivity contribution in [1.82, 2.24) is 0 Å². The van der Waals surface area contributed by atoms with Gasteiger partial charge in [-0.15, -0.1) is 0 Å². The van der Waals surface area contributed by atoms with Crippen molar-refractivity contribution in [2.24, 2.45) is 17.1 Å². The Morgan fingerprint density at radius 2 is 1.48 bits per heavy atom. The highest BCUT2D eigenvalue weighted by Crippen LogP contribution is 2.28. The van der Waals surface area contributed by atoms with Crippen LogP contribution in [0.25, 0.3) is 0 Å². The van der Waals surface area contributed by atoms with E-state index in [0.717, 1.165) is 0 Å². The van der Waals surface area contributed by atoms with Gasteiger partial charge in [-0.1, -0.05) is 13.8 Å². The van der Waals surface area contributed by atoms with E-state index in [1.54, 1.807) is 6.92 Å². The molecule has 0 bridgehead atoms. The fraction of sp³-hybridized carbons (Fsp3) is 0.889. The quantitative estimate of drug-likeness (QED) is 0.519. The molecule has 0 rings (SSSR count). The molecule has 23 heavy (non-hydrogen) atoms. The molecule has 2 N–H and O–H groups in total. The monoisotopic (exact) mass is 329 g/mol. The number of ketones is 1. The molecule has 0 fully saturated rings. The van der Waals surface area contributed by atoms with Crippen molar-refractivity contribution in [2.45, 2.75) is 79.4 Å². The molecule has 0 aromatic carbocycles. The van der Waals surface area contributed by atoms with E-state index in [2.05, 4.69) is 0 Å². The highest BCUT2D eigenvalue weighted by atomic mass is 16.6. The van der Waals surface area contributed by atoms with Gasteiger partial charge in [0.15, 0.2) is 5.78 Å². The highest BCUT2D eigenvalue weighted by molar-refractivity contribution is 5.89. The maximum absolute atomic E-state index is 12.2. The van der Waals surface area contributed by atoms with E-state index in [0.29, 0.717) is 19.4 Å². The number of nitrogens with two attached hydrogens (primary N) is 1. The third kappa shape index (κ3) is 8.47. The van der Waals surface area contributed by atoms with Crippen LogP contribution in [0, 0.1) is 11.3 Å². The molecule has 136 valence electrons. The molecule has 0 aliphatic rings. The zero-order chi connectivity index (χ0) is 18.5. The van der Waals surface area contributed by atoms with Gasteiger partial charge < -0.3 is 15.2 Å². The summed E-state index contributed by atoms with van der Waals surface area (Å²) in [4.78, 5) is 24.3. The Labute approximate surface area is 141 Å². The number of carbonyl (C=O) groups excluding carboxylic acids is 2. The number of hydrogen-bond acceptors (Lipinski definition) is 5. The Bertz CT molecular complexity index is 406. The van der Waals surface area contributed by atoms with E-state index < -0.39 is 11.0 Å². The summed E-state index contributed by atoms with van der Waals surface area (Å²) < 4.78 is 10.8. The van der Waals surface area contributed by atoms with Crippen LogP contribution in [-0.4, -0.2) is 36.1 Å². The van der Waals surface area contributed by atoms with Crippen LogP contribution in [0.15, 0.2) is 0 Å². The molecule has 0 aliphatic carbocycles. The lowest BCUT2D eigenvalue weighted by Crippen LogP contribution is -2.48. The van der Waals surface area contributed by atoms with Crippen LogP contribution in [0.1, 0.15) is 68.2 Å². The van der Waals surface area contributed by atoms with Crippen LogP contribution < -0.4 is 5.73 Å². The van der Waals surface area contributed by atoms with Gasteiger partial charge in [0.1, 0.15) is 6.61 Å². The molecule has 5 nitrogen and oxygen atoms in total. The first-order chi connectivity index (χ1) is 10.2. The van der Waals surface area contributed by atoms with Gasteiger partial charge in [-0.25, -0.2) is 0 Å². The normalized spacial score (nSPS) is 15.4. The molecule has 0 aromatic rings. The van der Waals surface area contributed by atoms with Crippen molar-refractivity contribution in [1.29, 1.82) is 0 Å². The summed E-state index contributed by atoms with van der Waals surface area (Å²) in [7, 11) is 0. The Balaban J connectivity index is 4.41. The average Bonchev–Trinajstić information content (AvgIpc) is 2.39. The van der Waals surface area contributed by atoms with E-state index in [9.17, 15) is 9.59 Å². The van der Waals surface area contributed by atoms with E-state index in [1.807, 2.05) is 48.5 Å². The van der Waals surface area contributed by atoms with Crippen LogP contribution >= 0.6 is 0 Å². The van der Waals surface area contributed by atoms with Crippen molar-refractivity contribution in [3.05, 3.63) is 0 Å². The fourth-order valence-electron chi connectivity index (χ4n) is 2.13. The first-order valence-electron chi connectivity index (χ1n) is 8.33. The van der Waals surface area contributed by atoms with Gasteiger partial charge in [0.05, 0.1) is 23.2 Å². The maximum atomic E-state index is 12.2. The van der Waals surface area contributed by atoms with E-state index in [-0.39, 0.29) is 29.9 Å². The topological polar surface area (TPSA) is 78.6 Å². The number of hydrogen-bond donors (Lipinski definition) is 1. The molecule has 5 heteroatoms. The van der Waals surface area contributed by atoms with Crippen molar-refractivity contribution < 1.29 is 19.1 Å². The average molecular weight is 329 g/mol. The van der Waals surface area contributed by atoms with Crippen LogP contribution in [0.3, 0.4) is 0 Å². The van der Waals surface area contributed by atoms with E-state index >= 15 is 0 Å². The van der Waals surface area contributed by atoms with Gasteiger partial charge in [-0.3, -0.25) is 9.59 Å². The molecule has 1 unspecified atom stereocenters. The summed E-state index contributed by atoms with van der Waals surface area (Å²) in [6.45, 7) is 15.5. The third-order valence-corrected chi connectivity index (χ3v) is 3.76. The molecule has 0 radical (unpaired) electrons. The summed E-state index contributed by atoms with van der Waals surface area (Å²) >= 11 is 0. The SMILES string of the molecule is CC(C)C(=O)C(C)(N)CCC(C)(C)C(=O)OCCOC(C)(C)C. The van der Waals surface area contributed by atoms with Crippen molar-refractivity contribution in [3.8, 4) is 0 Å². The fourth-order valence-corrected chi connectivity index (χ4v) is 2.13. The smallest absolute Gasteiger partial charge is 0.311 e. The molecule has 0 aromatic heterocycles. The first-order valence-corrected chi connectivity index (χ1v) is 8.33. The molecule has 0 saturated carbocycles. The lowest BCUT2D eigenvalue weighted by molar-refractivity contribution is -0.157. The lowest BCUT2D eigenvalue weighted by atomic mass is 9.79. The molecule has 0 spiro atoms. The molecule has 1 atom stereocenters. The second kappa shape index (κ2) is 8.25. The predicted octanol–water partition coefficient (Wildman–Crippen LogP) is 3.09. The van der Waals surface area contributed by atoms with Gasteiger partial charge in [0, 0.05) is 5.92 Å². The second-order valence-corrected chi connectivity index (χ2v) is 8.42. The minimum absolute atomic E-state index is 0.0141. The Morgan fingerprint density at radius 3 is 1.91 bits per heavy atom. The van der Waals surface area contributed by atoms with Crippen molar-refractivity contribution in [3.63, 3.8) is 0 Å². The molecule has 0 amide bonds. The zero-order valence-electron chi connectivity index (χ0n) is 16.1. The van der Waals surface area contributed by atoms with Crippen LogP contribution in [0.2, 0.25) is 0 Å². The van der Waals surface area contributed by atoms with Gasteiger partial charge >= 0.3 is 5.97 Å². The van der Waals surface area contributed by atoms with Crippen LogP contribution in [0.4, 0.5) is 0 Å². The summed E-state index contributed by atoms with van der Waals surface area (Å²) in [6, 6.07) is 0. The lowest BCUT2D eigenvalue weighted by Gasteiger charge is -2.30. The third-order valence-electron chi connectivity index (χ3n) is 3.76. The molecule has 0 aliphatic heterocycles. The second-order valence-electron chi connectivity index (χ2n) is 8.42. The van der Waals surface area contributed by atoms with Crippen molar-refractivity contribution >= 4 is 11.8 Å². The minimum atomic E-state index is -0.916. The number of Topliss-reactive ketones (excluding diaryl/α,β-unsaturated/α-hetero) is 1. The summed E-state index contributed by atoms with van der Waals surface area (Å²) in [6.07, 6.45) is 0.946. The Hall–Kier alpha value is -0.940. The van der Waals surface area contributed by atoms with Gasteiger partial charge in [0.2, 0.25) is 0 Å². The van der Waals surface area contributed by atoms with Crippen LogP contribution in [-0.2, 0) is 19.1 Å². The molecular formula is C18H35NO4. The van der Waals surface area contributed by atoms with Crippen molar-refractivity contribution in [2.75, 3.05) is 13.2 Å². The number of ether oxygens (including phenoxy) is 2. The molecular weight excluding hydrogens is 294 g/mol. The largest absolute Gasteiger partial charge is 0.463 e. The van der Waals surface area contributed by atoms with Gasteiger partial charge in [0.25, 0.3) is 0 Å². The number of carbonyl (C=O) groups is 2. The Morgan fingerprint density at radius 1 is 0.957 bits per heavy atom. The van der Waals surface area contributed by atoms with E-state index in [1.165, 1.54) is 0 Å². The number of rotatable bonds is 9. The van der Waals surface area contributed by atoms with Gasteiger partial charge in [-0.2, -0.15) is 0 Å². The van der Waals surface area contributed by atoms with E-state index in [4.69, 9.17) is 15.2 Å². The zero-order valence-corrected chi connectivity index (χ0v) is 16.1.